The zero-order valence-electron chi connectivity index (χ0n) is 14.7. The molecule has 140 valence electrons. The van der Waals surface area contributed by atoms with E-state index in [2.05, 4.69) is 0 Å². The maximum Gasteiger partial charge on any atom is 0.244 e. The molecule has 0 amide bonds. The third-order valence-corrected chi connectivity index (χ3v) is 6.72. The van der Waals surface area contributed by atoms with Crippen LogP contribution in [0.4, 0.5) is 4.39 Å². The van der Waals surface area contributed by atoms with Crippen LogP contribution in [0.2, 0.25) is 0 Å². The summed E-state index contributed by atoms with van der Waals surface area (Å²) in [6, 6.07) is 15.6. The molecule has 27 heavy (non-hydrogen) atoms. The van der Waals surface area contributed by atoms with Crippen molar-refractivity contribution in [2.24, 2.45) is 0 Å². The molecule has 0 radical (unpaired) electrons. The van der Waals surface area contributed by atoms with E-state index in [-0.39, 0.29) is 10.7 Å². The maximum atomic E-state index is 13.4. The molecule has 0 aliphatic carbocycles. The molecule has 1 unspecified atom stereocenters. The van der Waals surface area contributed by atoms with Gasteiger partial charge in [0.2, 0.25) is 10.0 Å². The van der Waals surface area contributed by atoms with Crippen LogP contribution in [0.15, 0.2) is 71.8 Å². The first-order valence-electron chi connectivity index (χ1n) is 8.57. The lowest BCUT2D eigenvalue weighted by Crippen LogP contribution is -2.42. The molecule has 1 aliphatic heterocycles. The number of sulfonamides is 1. The molecule has 0 saturated heterocycles. The number of rotatable bonds is 4. The van der Waals surface area contributed by atoms with Crippen molar-refractivity contribution in [1.29, 1.82) is 0 Å². The van der Waals surface area contributed by atoms with Gasteiger partial charge in [0, 0.05) is 25.0 Å². The van der Waals surface area contributed by atoms with E-state index >= 15 is 0 Å². The van der Waals surface area contributed by atoms with Crippen LogP contribution in [0.3, 0.4) is 0 Å². The number of nitrogens with zero attached hydrogens (tertiary/aromatic N) is 2. The summed E-state index contributed by atoms with van der Waals surface area (Å²) in [6.45, 7) is 0.896. The van der Waals surface area contributed by atoms with Gasteiger partial charge in [-0.15, -0.1) is 0 Å². The highest BCUT2D eigenvalue weighted by Crippen LogP contribution is 2.36. The summed E-state index contributed by atoms with van der Waals surface area (Å²) < 4.78 is 48.8. The van der Waals surface area contributed by atoms with Gasteiger partial charge in [-0.3, -0.25) is 0 Å². The van der Waals surface area contributed by atoms with Crippen molar-refractivity contribution in [1.82, 2.24) is 8.87 Å². The van der Waals surface area contributed by atoms with E-state index < -0.39 is 16.1 Å². The van der Waals surface area contributed by atoms with Gasteiger partial charge >= 0.3 is 0 Å². The van der Waals surface area contributed by atoms with Crippen LogP contribution in [-0.2, 0) is 16.6 Å². The second-order valence-corrected chi connectivity index (χ2v) is 8.26. The lowest BCUT2D eigenvalue weighted by atomic mass is 10.0. The Bertz CT molecular complexity index is 1040. The summed E-state index contributed by atoms with van der Waals surface area (Å²) in [6.07, 6.45) is 1.93. The topological polar surface area (TPSA) is 51.5 Å². The number of fused-ring (bicyclic) bond motifs is 1. The van der Waals surface area contributed by atoms with E-state index in [0.717, 1.165) is 11.3 Å². The summed E-state index contributed by atoms with van der Waals surface area (Å²) >= 11 is 0. The third-order valence-electron chi connectivity index (χ3n) is 4.85. The third kappa shape index (κ3) is 3.13. The monoisotopic (exact) mass is 386 g/mol. The van der Waals surface area contributed by atoms with Crippen molar-refractivity contribution >= 4 is 10.0 Å². The van der Waals surface area contributed by atoms with Gasteiger partial charge in [0.15, 0.2) is 0 Å². The van der Waals surface area contributed by atoms with Crippen LogP contribution < -0.4 is 4.74 Å². The Balaban J connectivity index is 1.80. The van der Waals surface area contributed by atoms with Crippen LogP contribution >= 0.6 is 0 Å². The average molecular weight is 386 g/mol. The molecule has 0 fully saturated rings. The average Bonchev–Trinajstić information content (AvgIpc) is 3.17. The van der Waals surface area contributed by atoms with Gasteiger partial charge in [-0.25, -0.2) is 12.8 Å². The first kappa shape index (κ1) is 17.8. The van der Waals surface area contributed by atoms with Crippen LogP contribution in [0.5, 0.6) is 5.75 Å². The molecule has 3 aromatic rings. The molecule has 0 spiro atoms. The highest BCUT2D eigenvalue weighted by atomic mass is 32.2. The van der Waals surface area contributed by atoms with E-state index in [9.17, 15) is 12.8 Å². The summed E-state index contributed by atoms with van der Waals surface area (Å²) in [5.74, 6) is 0.242. The lowest BCUT2D eigenvalue weighted by Gasteiger charge is -2.36. The first-order valence-corrected chi connectivity index (χ1v) is 10.0. The van der Waals surface area contributed by atoms with E-state index in [4.69, 9.17) is 4.74 Å². The molecule has 1 aromatic heterocycles. The second-order valence-electron chi connectivity index (χ2n) is 6.37. The number of ether oxygens (including phenoxy) is 1. The van der Waals surface area contributed by atoms with E-state index in [1.54, 1.807) is 36.4 Å². The van der Waals surface area contributed by atoms with E-state index in [1.165, 1.54) is 23.5 Å². The normalized spacial score (nSPS) is 17.5. The fraction of sp³-hybridized carbons (Fsp3) is 0.200. The Labute approximate surface area is 157 Å². The van der Waals surface area contributed by atoms with Crippen LogP contribution in [0, 0.1) is 5.82 Å². The van der Waals surface area contributed by atoms with Crippen LogP contribution in [0.1, 0.15) is 17.3 Å². The summed E-state index contributed by atoms with van der Waals surface area (Å²) in [7, 11) is -2.21. The van der Waals surface area contributed by atoms with Crippen molar-refractivity contribution in [3.8, 4) is 5.75 Å². The van der Waals surface area contributed by atoms with Gasteiger partial charge in [-0.05, 0) is 54.1 Å². The molecule has 1 aliphatic rings. The number of benzene rings is 2. The van der Waals surface area contributed by atoms with Gasteiger partial charge in [0.05, 0.1) is 18.0 Å². The number of methoxy groups -OCH3 is 1. The van der Waals surface area contributed by atoms with Crippen molar-refractivity contribution < 1.29 is 17.5 Å². The minimum absolute atomic E-state index is 0.204. The van der Waals surface area contributed by atoms with Gasteiger partial charge in [0.1, 0.15) is 11.6 Å². The van der Waals surface area contributed by atoms with Crippen LogP contribution in [-0.4, -0.2) is 30.9 Å². The van der Waals surface area contributed by atoms with Gasteiger partial charge in [0.25, 0.3) is 0 Å². The number of hydrogen-bond acceptors (Lipinski definition) is 3. The summed E-state index contributed by atoms with van der Waals surface area (Å²) in [5, 5.41) is 0. The SMILES string of the molecule is COc1ccc(S(=O)(=O)N2CCn3cccc3C2c2ccc(F)cc2)cc1. The van der Waals surface area contributed by atoms with Gasteiger partial charge in [-0.2, -0.15) is 4.31 Å². The van der Waals surface area contributed by atoms with E-state index in [1.807, 2.05) is 22.9 Å². The second kappa shape index (κ2) is 6.83. The van der Waals surface area contributed by atoms with Crippen molar-refractivity contribution in [2.75, 3.05) is 13.7 Å². The Morgan fingerprint density at radius 3 is 2.37 bits per heavy atom. The molecule has 5 nitrogen and oxygen atoms in total. The zero-order chi connectivity index (χ0) is 19.0. The molecule has 2 aromatic carbocycles. The zero-order valence-corrected chi connectivity index (χ0v) is 15.6. The molecule has 2 heterocycles. The highest BCUT2D eigenvalue weighted by molar-refractivity contribution is 7.89. The molecule has 4 rings (SSSR count). The number of aromatic nitrogens is 1. The lowest BCUT2D eigenvalue weighted by molar-refractivity contribution is 0.298. The predicted molar refractivity (Wildman–Crippen MR) is 99.6 cm³/mol. The minimum Gasteiger partial charge on any atom is -0.497 e. The summed E-state index contributed by atoms with van der Waals surface area (Å²) in [5.41, 5.74) is 1.60. The largest absolute Gasteiger partial charge is 0.497 e. The quantitative estimate of drug-likeness (QED) is 0.690. The molecular weight excluding hydrogens is 367 g/mol. The van der Waals surface area contributed by atoms with Crippen molar-refractivity contribution in [2.45, 2.75) is 17.5 Å². The molecule has 0 saturated carbocycles. The van der Waals surface area contributed by atoms with Crippen molar-refractivity contribution in [3.05, 3.63) is 83.9 Å². The number of hydrogen-bond donors (Lipinski definition) is 0. The first-order chi connectivity index (χ1) is 13.0. The van der Waals surface area contributed by atoms with Gasteiger partial charge < -0.3 is 9.30 Å². The molecule has 1 atom stereocenters. The molecular formula is C20H19FN2O3S. The fourth-order valence-corrected chi connectivity index (χ4v) is 5.07. The van der Waals surface area contributed by atoms with Crippen LogP contribution in [0.25, 0.3) is 0 Å². The Morgan fingerprint density at radius 1 is 1.00 bits per heavy atom. The number of halogens is 1. The molecule has 0 bridgehead atoms. The molecule has 7 heteroatoms. The molecule has 0 N–H and O–H groups in total. The standard InChI is InChI=1S/C20H19FN2O3S/c1-26-17-8-10-18(11-9-17)27(24,25)23-14-13-22-12-2-3-19(22)20(23)15-4-6-16(21)7-5-15/h2-12,20H,13-14H2,1H3. The fourth-order valence-electron chi connectivity index (χ4n) is 3.49. The maximum absolute atomic E-state index is 13.4. The van der Waals surface area contributed by atoms with E-state index in [0.29, 0.717) is 18.8 Å². The predicted octanol–water partition coefficient (Wildman–Crippen LogP) is 3.43. The smallest absolute Gasteiger partial charge is 0.244 e. The Kier molecular flexibility index (Phi) is 4.49. The van der Waals surface area contributed by atoms with Crippen molar-refractivity contribution in [3.63, 3.8) is 0 Å². The minimum atomic E-state index is -3.74. The summed E-state index contributed by atoms with van der Waals surface area (Å²) in [4.78, 5) is 0.204. The Hall–Kier alpha value is -2.64. The highest BCUT2D eigenvalue weighted by Gasteiger charge is 2.37. The Morgan fingerprint density at radius 2 is 1.70 bits per heavy atom. The van der Waals surface area contributed by atoms with Gasteiger partial charge in [-0.1, -0.05) is 12.1 Å².